The van der Waals surface area contributed by atoms with Gasteiger partial charge in [-0.2, -0.15) is 0 Å². The van der Waals surface area contributed by atoms with E-state index in [9.17, 15) is 19.5 Å². The van der Waals surface area contributed by atoms with E-state index in [1.54, 1.807) is 0 Å². The number of hydrogen-bond donors (Lipinski definition) is 3. The molecule has 4 rings (SSSR count). The number of allylic oxidation sites excluding steroid dienone is 2. The van der Waals surface area contributed by atoms with E-state index in [0.29, 0.717) is 6.54 Å². The molecule has 4 fully saturated rings. The van der Waals surface area contributed by atoms with Crippen LogP contribution in [0.3, 0.4) is 0 Å². The Morgan fingerprint density at radius 1 is 0.707 bits per heavy atom. The molecule has 0 aromatic heterocycles. The second kappa shape index (κ2) is 18.6. The summed E-state index contributed by atoms with van der Waals surface area (Å²) in [6, 6.07) is 0. The van der Waals surface area contributed by atoms with Crippen molar-refractivity contribution in [3.05, 3.63) is 12.2 Å². The number of carboxylic acid groups (broad SMARTS) is 1. The maximum absolute atomic E-state index is 12.9. The molecule has 7 heteroatoms. The minimum atomic E-state index is -1.02. The Balaban J connectivity index is 1.19. The largest absolute Gasteiger partial charge is 0.480 e. The van der Waals surface area contributed by atoms with Crippen LogP contribution in [0.25, 0.3) is 0 Å². The topological polar surface area (TPSA) is 98.7 Å². The van der Waals surface area contributed by atoms with Gasteiger partial charge >= 0.3 is 5.97 Å². The molecule has 0 radical (unpaired) electrons. The maximum atomic E-state index is 12.9. The van der Waals surface area contributed by atoms with Crippen LogP contribution in [0.5, 0.6) is 0 Å². The highest BCUT2D eigenvalue weighted by Gasteiger charge is 2.51. The molecule has 0 aliphatic heterocycles. The van der Waals surface area contributed by atoms with E-state index >= 15 is 0 Å². The first-order valence-corrected chi connectivity index (χ1v) is 17.0. The predicted molar refractivity (Wildman–Crippen MR) is 166 cm³/mol. The van der Waals surface area contributed by atoms with Gasteiger partial charge in [0, 0.05) is 12.1 Å². The number of aliphatic carboxylic acids is 1. The number of carbonyl (C=O) groups excluding carboxylic acids is 2. The number of rotatable bonds is 23. The van der Waals surface area contributed by atoms with E-state index in [4.69, 9.17) is 0 Å². The summed E-state index contributed by atoms with van der Waals surface area (Å²) < 4.78 is 0. The van der Waals surface area contributed by atoms with Gasteiger partial charge in [-0.05, 0) is 88.4 Å². The molecule has 2 amide bonds. The van der Waals surface area contributed by atoms with Gasteiger partial charge in [-0.1, -0.05) is 76.9 Å². The molecule has 4 aliphatic carbocycles. The molecule has 7 nitrogen and oxygen atoms in total. The first-order chi connectivity index (χ1) is 19.9. The van der Waals surface area contributed by atoms with E-state index < -0.39 is 5.97 Å². The quantitative estimate of drug-likeness (QED) is 0.0943. The maximum Gasteiger partial charge on any atom is 0.317 e. The van der Waals surface area contributed by atoms with Crippen LogP contribution < -0.4 is 10.6 Å². The third kappa shape index (κ3) is 13.3. The van der Waals surface area contributed by atoms with Crippen molar-refractivity contribution in [1.29, 1.82) is 0 Å². The van der Waals surface area contributed by atoms with E-state index in [1.165, 1.54) is 101 Å². The summed E-state index contributed by atoms with van der Waals surface area (Å²) in [6.45, 7) is 2.44. The molecule has 0 aromatic rings. The smallest absolute Gasteiger partial charge is 0.317 e. The van der Waals surface area contributed by atoms with E-state index in [-0.39, 0.29) is 37.0 Å². The van der Waals surface area contributed by atoms with Crippen molar-refractivity contribution < 1.29 is 19.5 Å². The van der Waals surface area contributed by atoms with Crippen molar-refractivity contribution in [3.63, 3.8) is 0 Å². The molecule has 0 heterocycles. The summed E-state index contributed by atoms with van der Waals surface area (Å²) >= 11 is 0. The lowest BCUT2D eigenvalue weighted by atomic mass is 9.53. The first-order valence-electron chi connectivity index (χ1n) is 17.0. The molecule has 41 heavy (non-hydrogen) atoms. The van der Waals surface area contributed by atoms with Crippen molar-refractivity contribution in [1.82, 2.24) is 15.5 Å². The number of hydrogen-bond acceptors (Lipinski definition) is 4. The Hall–Kier alpha value is -1.89. The molecule has 4 saturated carbocycles. The van der Waals surface area contributed by atoms with Gasteiger partial charge in [-0.25, -0.2) is 0 Å². The van der Waals surface area contributed by atoms with Crippen molar-refractivity contribution in [3.8, 4) is 0 Å². The van der Waals surface area contributed by atoms with Crippen molar-refractivity contribution in [2.45, 2.75) is 141 Å². The van der Waals surface area contributed by atoms with Crippen LogP contribution in [-0.4, -0.2) is 59.5 Å². The summed E-state index contributed by atoms with van der Waals surface area (Å²) in [5.41, 5.74) is -0.104. The highest BCUT2D eigenvalue weighted by atomic mass is 16.4. The van der Waals surface area contributed by atoms with Crippen LogP contribution in [-0.2, 0) is 14.4 Å². The third-order valence-corrected chi connectivity index (χ3v) is 9.55. The minimum Gasteiger partial charge on any atom is -0.480 e. The Labute approximate surface area is 249 Å². The molecule has 234 valence electrons. The molecule has 4 bridgehead atoms. The average molecular weight is 574 g/mol. The summed E-state index contributed by atoms with van der Waals surface area (Å²) in [4.78, 5) is 38.3. The Morgan fingerprint density at radius 3 is 1.73 bits per heavy atom. The SMILES string of the molecule is CCCCCCCC/C=C/CCCCCCCCNC(=O)CN(CC(=O)O)CC(=O)NC12CC3CC(CC(C3)C1)C2. The van der Waals surface area contributed by atoms with E-state index in [1.807, 2.05) is 0 Å². The van der Waals surface area contributed by atoms with Crippen molar-refractivity contribution in [2.24, 2.45) is 17.8 Å². The number of nitrogens with zero attached hydrogens (tertiary/aromatic N) is 1. The molecule has 0 spiro atoms. The van der Waals surface area contributed by atoms with Crippen LogP contribution in [0.4, 0.5) is 0 Å². The highest BCUT2D eigenvalue weighted by molar-refractivity contribution is 5.82. The van der Waals surface area contributed by atoms with Crippen LogP contribution in [0, 0.1) is 17.8 Å². The number of amides is 2. The molecule has 0 unspecified atom stereocenters. The minimum absolute atomic E-state index is 0.0459. The Morgan fingerprint density at radius 2 is 1.20 bits per heavy atom. The van der Waals surface area contributed by atoms with Crippen LogP contribution in [0.1, 0.15) is 135 Å². The average Bonchev–Trinajstić information content (AvgIpc) is 2.88. The number of carbonyl (C=O) groups is 3. The normalized spacial score (nSPS) is 24.8. The highest BCUT2D eigenvalue weighted by Crippen LogP contribution is 2.55. The first kappa shape index (κ1) is 33.6. The summed E-state index contributed by atoms with van der Waals surface area (Å²) in [6.07, 6.45) is 29.3. The number of carboxylic acids is 1. The zero-order valence-electron chi connectivity index (χ0n) is 26.0. The molecular formula is C34H59N3O4. The van der Waals surface area contributed by atoms with Crippen LogP contribution >= 0.6 is 0 Å². The lowest BCUT2D eigenvalue weighted by Gasteiger charge is -2.57. The van der Waals surface area contributed by atoms with E-state index in [2.05, 4.69) is 29.7 Å². The molecular weight excluding hydrogens is 514 g/mol. The molecule has 3 N–H and O–H groups in total. The van der Waals surface area contributed by atoms with Crippen molar-refractivity contribution >= 4 is 17.8 Å². The lowest BCUT2D eigenvalue weighted by molar-refractivity contribution is -0.139. The molecule has 0 aromatic carbocycles. The molecule has 0 atom stereocenters. The van der Waals surface area contributed by atoms with Gasteiger partial charge in [-0.3, -0.25) is 19.3 Å². The number of nitrogens with one attached hydrogen (secondary N) is 2. The van der Waals surface area contributed by atoms with Crippen LogP contribution in [0.15, 0.2) is 12.2 Å². The second-order valence-electron chi connectivity index (χ2n) is 13.6. The van der Waals surface area contributed by atoms with Crippen molar-refractivity contribution in [2.75, 3.05) is 26.2 Å². The zero-order chi connectivity index (χ0) is 29.3. The fourth-order valence-corrected chi connectivity index (χ4v) is 8.02. The van der Waals surface area contributed by atoms with E-state index in [0.717, 1.165) is 49.9 Å². The Bertz CT molecular complexity index is 792. The van der Waals surface area contributed by atoms with Gasteiger partial charge in [0.2, 0.25) is 11.8 Å². The van der Waals surface area contributed by atoms with Gasteiger partial charge < -0.3 is 15.7 Å². The molecule has 0 saturated heterocycles. The number of unbranched alkanes of at least 4 members (excludes halogenated alkanes) is 12. The predicted octanol–water partition coefficient (Wildman–Crippen LogP) is 6.61. The monoisotopic (exact) mass is 573 g/mol. The van der Waals surface area contributed by atoms with Crippen LogP contribution in [0.2, 0.25) is 0 Å². The fourth-order valence-electron chi connectivity index (χ4n) is 8.02. The third-order valence-electron chi connectivity index (χ3n) is 9.55. The fraction of sp³-hybridized carbons (Fsp3) is 0.853. The van der Waals surface area contributed by atoms with Gasteiger partial charge in [0.25, 0.3) is 0 Å². The lowest BCUT2D eigenvalue weighted by Crippen LogP contribution is -2.61. The summed E-state index contributed by atoms with van der Waals surface area (Å²) in [7, 11) is 0. The summed E-state index contributed by atoms with van der Waals surface area (Å²) in [5, 5.41) is 15.6. The van der Waals surface area contributed by atoms with Gasteiger partial charge in [0.15, 0.2) is 0 Å². The zero-order valence-corrected chi connectivity index (χ0v) is 26.0. The standard InChI is InChI=1S/C34H59N3O4/c1-2-3-4-5-6-7-8-9-10-11-12-13-14-15-16-17-18-35-31(38)25-37(27-33(40)41)26-32(39)36-34-22-28-19-29(23-34)21-30(20-28)24-34/h9-10,28-30H,2-8,11-27H2,1H3,(H,35,38)(H,36,39)(H,40,41)/b10-9+. The molecule has 4 aliphatic rings. The van der Waals surface area contributed by atoms with Gasteiger partial charge in [-0.15, -0.1) is 0 Å². The Kier molecular flexibility index (Phi) is 15.3. The summed E-state index contributed by atoms with van der Waals surface area (Å²) in [5.74, 6) is 0.807. The van der Waals surface area contributed by atoms with Gasteiger partial charge in [0.1, 0.15) is 0 Å². The second-order valence-corrected chi connectivity index (χ2v) is 13.6. The van der Waals surface area contributed by atoms with Gasteiger partial charge in [0.05, 0.1) is 19.6 Å².